The molecule has 0 radical (unpaired) electrons. The highest BCUT2D eigenvalue weighted by atomic mass is 16.5. The van der Waals surface area contributed by atoms with Crippen LogP contribution in [-0.4, -0.2) is 12.1 Å². The van der Waals surface area contributed by atoms with Crippen molar-refractivity contribution >= 4 is 5.97 Å². The van der Waals surface area contributed by atoms with Crippen molar-refractivity contribution in [2.75, 3.05) is 0 Å². The van der Waals surface area contributed by atoms with Gasteiger partial charge >= 0.3 is 5.97 Å². The van der Waals surface area contributed by atoms with E-state index < -0.39 is 0 Å². The van der Waals surface area contributed by atoms with E-state index in [1.807, 2.05) is 13.8 Å². The lowest BCUT2D eigenvalue weighted by Gasteiger charge is -2.08. The lowest BCUT2D eigenvalue weighted by atomic mass is 10.3. The Morgan fingerprint density at radius 3 is 1.77 bits per heavy atom. The monoisotopic (exact) mass is 194 g/mol. The normalized spacial score (nSPS) is 8.85. The van der Waals surface area contributed by atoms with Crippen LogP contribution in [0.15, 0.2) is 0 Å². The first kappa shape index (κ1) is 29.4. The van der Waals surface area contributed by atoms with Crippen molar-refractivity contribution in [3.05, 3.63) is 0 Å². The van der Waals surface area contributed by atoms with Gasteiger partial charge in [-0.15, -0.1) is 0 Å². The van der Waals surface area contributed by atoms with E-state index in [1.165, 1.54) is 0 Å². The summed E-state index contributed by atoms with van der Waals surface area (Å²) < 4.78 is 4.91. The second-order valence-corrected chi connectivity index (χ2v) is 2.06. The Labute approximate surface area is 85.7 Å². The number of hydrogen-bond donors (Lipinski definition) is 0. The SMILES string of the molecule is C.C.C.C.CCC(=O)OC(C)CC. The van der Waals surface area contributed by atoms with E-state index >= 15 is 0 Å². The van der Waals surface area contributed by atoms with Gasteiger partial charge in [0.2, 0.25) is 0 Å². The summed E-state index contributed by atoms with van der Waals surface area (Å²) in [5.74, 6) is -0.107. The third-order valence-electron chi connectivity index (χ3n) is 1.20. The molecular weight excluding hydrogens is 164 g/mol. The second kappa shape index (κ2) is 17.5. The van der Waals surface area contributed by atoms with Gasteiger partial charge in [0.15, 0.2) is 0 Å². The molecule has 1 atom stereocenters. The van der Waals surface area contributed by atoms with Crippen LogP contribution in [0.25, 0.3) is 0 Å². The van der Waals surface area contributed by atoms with Gasteiger partial charge in [0, 0.05) is 6.42 Å². The van der Waals surface area contributed by atoms with Gasteiger partial charge in [-0.05, 0) is 13.3 Å². The Morgan fingerprint density at radius 2 is 1.54 bits per heavy atom. The van der Waals surface area contributed by atoms with Crippen molar-refractivity contribution in [3.8, 4) is 0 Å². The lowest BCUT2D eigenvalue weighted by molar-refractivity contribution is -0.147. The highest BCUT2D eigenvalue weighted by molar-refractivity contribution is 5.69. The van der Waals surface area contributed by atoms with Crippen molar-refractivity contribution in [2.24, 2.45) is 0 Å². The Bertz CT molecular complexity index is 90.1. The highest BCUT2D eigenvalue weighted by Crippen LogP contribution is 1.97. The molecule has 0 aromatic heterocycles. The number of carbonyl (C=O) groups excluding carboxylic acids is 1. The minimum Gasteiger partial charge on any atom is -0.463 e. The molecule has 2 heteroatoms. The largest absolute Gasteiger partial charge is 0.463 e. The van der Waals surface area contributed by atoms with Crippen LogP contribution in [-0.2, 0) is 9.53 Å². The summed E-state index contributed by atoms with van der Waals surface area (Å²) in [6, 6.07) is 0. The van der Waals surface area contributed by atoms with E-state index in [1.54, 1.807) is 6.92 Å². The van der Waals surface area contributed by atoms with Crippen LogP contribution in [0.5, 0.6) is 0 Å². The molecule has 0 amide bonds. The van der Waals surface area contributed by atoms with Crippen molar-refractivity contribution in [1.82, 2.24) is 0 Å². The van der Waals surface area contributed by atoms with Gasteiger partial charge in [0.05, 0.1) is 6.10 Å². The van der Waals surface area contributed by atoms with E-state index in [2.05, 4.69) is 0 Å². The van der Waals surface area contributed by atoms with E-state index in [0.717, 1.165) is 6.42 Å². The molecule has 0 aliphatic carbocycles. The third-order valence-corrected chi connectivity index (χ3v) is 1.20. The molecule has 0 fully saturated rings. The summed E-state index contributed by atoms with van der Waals surface area (Å²) in [5.41, 5.74) is 0. The molecular formula is C11H30O2. The Hall–Kier alpha value is -0.530. The molecule has 0 rings (SSSR count). The maximum absolute atomic E-state index is 10.6. The maximum atomic E-state index is 10.6. The first-order chi connectivity index (χ1) is 4.20. The fourth-order valence-electron chi connectivity index (χ4n) is 0.391. The van der Waals surface area contributed by atoms with Gasteiger partial charge in [-0.25, -0.2) is 0 Å². The molecule has 0 aliphatic rings. The fourth-order valence-corrected chi connectivity index (χ4v) is 0.391. The first-order valence-electron chi connectivity index (χ1n) is 3.40. The summed E-state index contributed by atoms with van der Waals surface area (Å²) in [6.45, 7) is 5.69. The van der Waals surface area contributed by atoms with Gasteiger partial charge in [-0.2, -0.15) is 0 Å². The number of esters is 1. The Kier molecular flexibility index (Phi) is 39.6. The third kappa shape index (κ3) is 18.4. The Morgan fingerprint density at radius 1 is 1.15 bits per heavy atom. The fraction of sp³-hybridized carbons (Fsp3) is 0.909. The quantitative estimate of drug-likeness (QED) is 0.627. The average Bonchev–Trinajstić information content (AvgIpc) is 1.87. The molecule has 0 saturated heterocycles. The number of rotatable bonds is 3. The van der Waals surface area contributed by atoms with E-state index in [0.29, 0.717) is 6.42 Å². The van der Waals surface area contributed by atoms with Crippen LogP contribution < -0.4 is 0 Å². The molecule has 86 valence electrons. The second-order valence-electron chi connectivity index (χ2n) is 2.06. The molecule has 0 heterocycles. The molecule has 0 bridgehead atoms. The number of hydrogen-bond acceptors (Lipinski definition) is 2. The zero-order valence-electron chi connectivity index (χ0n) is 6.31. The standard InChI is InChI=1S/C7H14O2.4CH4/c1-4-6(3)9-7(8)5-2;;;;/h6H,4-5H2,1-3H3;4*1H4. The molecule has 0 aromatic rings. The highest BCUT2D eigenvalue weighted by Gasteiger charge is 2.02. The molecule has 0 saturated carbocycles. The topological polar surface area (TPSA) is 26.3 Å². The van der Waals surface area contributed by atoms with Crippen molar-refractivity contribution in [2.45, 2.75) is 69.4 Å². The lowest BCUT2D eigenvalue weighted by Crippen LogP contribution is -2.12. The maximum Gasteiger partial charge on any atom is 0.305 e. The van der Waals surface area contributed by atoms with Crippen LogP contribution >= 0.6 is 0 Å². The predicted molar refractivity (Wildman–Crippen MR) is 63.1 cm³/mol. The molecule has 1 unspecified atom stereocenters. The van der Waals surface area contributed by atoms with Gasteiger partial charge in [0.25, 0.3) is 0 Å². The minimum absolute atomic E-state index is 0. The summed E-state index contributed by atoms with van der Waals surface area (Å²) in [6.07, 6.45) is 1.45. The van der Waals surface area contributed by atoms with Gasteiger partial charge in [0.1, 0.15) is 0 Å². The molecule has 2 nitrogen and oxygen atoms in total. The van der Waals surface area contributed by atoms with Crippen LogP contribution in [0.1, 0.15) is 63.3 Å². The first-order valence-corrected chi connectivity index (χ1v) is 3.40. The van der Waals surface area contributed by atoms with Crippen LogP contribution in [0, 0.1) is 0 Å². The van der Waals surface area contributed by atoms with Crippen molar-refractivity contribution < 1.29 is 9.53 Å². The van der Waals surface area contributed by atoms with E-state index in [9.17, 15) is 4.79 Å². The number of carbonyl (C=O) groups is 1. The summed E-state index contributed by atoms with van der Waals surface area (Å²) in [7, 11) is 0. The zero-order chi connectivity index (χ0) is 7.28. The van der Waals surface area contributed by atoms with Gasteiger partial charge in [-0.1, -0.05) is 43.6 Å². The van der Waals surface area contributed by atoms with Gasteiger partial charge in [-0.3, -0.25) is 4.79 Å². The van der Waals surface area contributed by atoms with Crippen molar-refractivity contribution in [3.63, 3.8) is 0 Å². The minimum atomic E-state index is -0.107. The summed E-state index contributed by atoms with van der Waals surface area (Å²) in [4.78, 5) is 10.6. The molecule has 0 N–H and O–H groups in total. The average molecular weight is 194 g/mol. The molecule has 13 heavy (non-hydrogen) atoms. The number of ether oxygens (including phenoxy) is 1. The van der Waals surface area contributed by atoms with Crippen LogP contribution in [0.3, 0.4) is 0 Å². The van der Waals surface area contributed by atoms with Crippen LogP contribution in [0.2, 0.25) is 0 Å². The van der Waals surface area contributed by atoms with Crippen LogP contribution in [0.4, 0.5) is 0 Å². The van der Waals surface area contributed by atoms with Crippen molar-refractivity contribution in [1.29, 1.82) is 0 Å². The summed E-state index contributed by atoms with van der Waals surface area (Å²) >= 11 is 0. The smallest absolute Gasteiger partial charge is 0.305 e. The predicted octanol–water partition coefficient (Wildman–Crippen LogP) is 4.28. The molecule has 0 aromatic carbocycles. The van der Waals surface area contributed by atoms with Gasteiger partial charge < -0.3 is 4.74 Å². The molecule has 0 spiro atoms. The molecule has 0 aliphatic heterocycles. The zero-order valence-corrected chi connectivity index (χ0v) is 6.31. The van der Waals surface area contributed by atoms with E-state index in [-0.39, 0.29) is 41.8 Å². The van der Waals surface area contributed by atoms with E-state index in [4.69, 9.17) is 4.74 Å². The Balaban J connectivity index is -0.0000000533. The summed E-state index contributed by atoms with van der Waals surface area (Å²) in [5, 5.41) is 0.